The van der Waals surface area contributed by atoms with Gasteiger partial charge in [-0.25, -0.2) is 0 Å². The third-order valence-electron chi connectivity index (χ3n) is 1.36. The minimum atomic E-state index is -0.0404. The fourth-order valence-corrected chi connectivity index (χ4v) is 1.42. The molecule has 0 unspecified atom stereocenters. The zero-order valence-corrected chi connectivity index (χ0v) is 9.86. The van der Waals surface area contributed by atoms with Gasteiger partial charge in [-0.2, -0.15) is 0 Å². The number of nitrogens with zero attached hydrogens (tertiary/aromatic N) is 1. The summed E-state index contributed by atoms with van der Waals surface area (Å²) in [5, 5.41) is 0. The third kappa shape index (κ3) is 1.90. The van der Waals surface area contributed by atoms with Crippen LogP contribution in [-0.4, -0.2) is 29.9 Å². The molecule has 12 heavy (non-hydrogen) atoms. The van der Waals surface area contributed by atoms with Gasteiger partial charge in [-0.05, 0) is 37.9 Å². The van der Waals surface area contributed by atoms with Crippen molar-refractivity contribution in [3.05, 3.63) is 20.8 Å². The number of rotatable bonds is 1. The van der Waals surface area contributed by atoms with Crippen molar-refractivity contribution in [2.45, 2.75) is 0 Å². The summed E-state index contributed by atoms with van der Waals surface area (Å²) >= 11 is 6.54. The maximum atomic E-state index is 11.4. The van der Waals surface area contributed by atoms with Crippen molar-refractivity contribution < 1.29 is 4.79 Å². The van der Waals surface area contributed by atoms with Crippen LogP contribution < -0.4 is 0 Å². The Labute approximate surface area is 87.4 Å². The Kier molecular flexibility index (Phi) is 2.95. The van der Waals surface area contributed by atoms with Gasteiger partial charge in [-0.15, -0.1) is 0 Å². The topological polar surface area (TPSA) is 36.1 Å². The highest BCUT2D eigenvalue weighted by Crippen LogP contribution is 2.23. The summed E-state index contributed by atoms with van der Waals surface area (Å²) in [6.07, 6.45) is 0. The summed E-state index contributed by atoms with van der Waals surface area (Å²) in [5.41, 5.74) is 0.568. The normalized spacial score (nSPS) is 10.0. The molecule has 0 spiro atoms. The number of hydrogen-bond acceptors (Lipinski definition) is 1. The van der Waals surface area contributed by atoms with Gasteiger partial charge in [0.05, 0.1) is 9.08 Å². The molecule has 0 atom stereocenters. The van der Waals surface area contributed by atoms with Crippen LogP contribution in [0.2, 0.25) is 0 Å². The maximum absolute atomic E-state index is 11.4. The maximum Gasteiger partial charge on any atom is 0.269 e. The summed E-state index contributed by atoms with van der Waals surface area (Å²) in [6.45, 7) is 0. The van der Waals surface area contributed by atoms with Gasteiger partial charge in [0.15, 0.2) is 0 Å². The van der Waals surface area contributed by atoms with Crippen LogP contribution in [0.1, 0.15) is 10.5 Å². The van der Waals surface area contributed by atoms with Gasteiger partial charge in [-0.1, -0.05) is 0 Å². The van der Waals surface area contributed by atoms with Crippen LogP contribution in [0.25, 0.3) is 0 Å². The molecule has 1 N–H and O–H groups in total. The zero-order chi connectivity index (χ0) is 9.30. The first kappa shape index (κ1) is 9.80. The molecular weight excluding hydrogens is 288 g/mol. The average Bonchev–Trinajstić information content (AvgIpc) is 2.30. The number of H-pyrrole nitrogens is 1. The molecule has 0 aliphatic heterocycles. The molecule has 1 aromatic heterocycles. The highest BCUT2D eigenvalue weighted by molar-refractivity contribution is 9.13. The molecule has 1 heterocycles. The van der Waals surface area contributed by atoms with Gasteiger partial charge < -0.3 is 9.88 Å². The fraction of sp³-hybridized carbons (Fsp3) is 0.286. The Bertz CT molecular complexity index is 287. The largest absolute Gasteiger partial charge is 0.344 e. The summed E-state index contributed by atoms with van der Waals surface area (Å²) in [4.78, 5) is 15.8. The number of halogens is 2. The Morgan fingerprint density at radius 3 is 2.42 bits per heavy atom. The van der Waals surface area contributed by atoms with Crippen molar-refractivity contribution >= 4 is 37.8 Å². The molecule has 0 aliphatic rings. The van der Waals surface area contributed by atoms with E-state index in [0.717, 1.165) is 9.08 Å². The van der Waals surface area contributed by atoms with Crippen LogP contribution in [0.3, 0.4) is 0 Å². The first-order valence-electron chi connectivity index (χ1n) is 3.28. The van der Waals surface area contributed by atoms with E-state index in [9.17, 15) is 4.79 Å². The Morgan fingerprint density at radius 2 is 2.08 bits per heavy atom. The molecule has 0 fully saturated rings. The van der Waals surface area contributed by atoms with E-state index in [0.29, 0.717) is 5.69 Å². The second-order valence-electron chi connectivity index (χ2n) is 2.54. The third-order valence-corrected chi connectivity index (χ3v) is 3.14. The molecule has 1 rings (SSSR count). The minimum absolute atomic E-state index is 0.0404. The van der Waals surface area contributed by atoms with Crippen molar-refractivity contribution in [1.29, 1.82) is 0 Å². The van der Waals surface area contributed by atoms with Crippen LogP contribution in [-0.2, 0) is 0 Å². The number of carbonyl (C=O) groups excluding carboxylic acids is 1. The van der Waals surface area contributed by atoms with Gasteiger partial charge in [0.25, 0.3) is 5.91 Å². The number of hydrogen-bond donors (Lipinski definition) is 1. The lowest BCUT2D eigenvalue weighted by molar-refractivity contribution is 0.0822. The predicted molar refractivity (Wildman–Crippen MR) is 54.2 cm³/mol. The number of aromatic amines is 1. The molecule has 1 aromatic rings. The lowest BCUT2D eigenvalue weighted by atomic mass is 10.4. The van der Waals surface area contributed by atoms with E-state index < -0.39 is 0 Å². The quantitative estimate of drug-likeness (QED) is 0.847. The minimum Gasteiger partial charge on any atom is -0.344 e. The summed E-state index contributed by atoms with van der Waals surface area (Å²) in [7, 11) is 3.43. The molecule has 0 saturated heterocycles. The van der Waals surface area contributed by atoms with Crippen LogP contribution in [0.4, 0.5) is 0 Å². The molecule has 0 aromatic carbocycles. The van der Waals surface area contributed by atoms with Gasteiger partial charge in [0.1, 0.15) is 5.69 Å². The smallest absolute Gasteiger partial charge is 0.269 e. The van der Waals surface area contributed by atoms with Crippen LogP contribution >= 0.6 is 31.9 Å². The van der Waals surface area contributed by atoms with Crippen LogP contribution in [0, 0.1) is 0 Å². The zero-order valence-electron chi connectivity index (χ0n) is 6.69. The average molecular weight is 296 g/mol. The Hall–Kier alpha value is -0.290. The molecule has 0 radical (unpaired) electrons. The molecule has 66 valence electrons. The fourth-order valence-electron chi connectivity index (χ4n) is 0.760. The van der Waals surface area contributed by atoms with Crippen LogP contribution in [0.15, 0.2) is 15.1 Å². The molecule has 0 aliphatic carbocycles. The highest BCUT2D eigenvalue weighted by Gasteiger charge is 2.11. The van der Waals surface area contributed by atoms with Crippen molar-refractivity contribution in [1.82, 2.24) is 9.88 Å². The van der Waals surface area contributed by atoms with Gasteiger partial charge in [-0.3, -0.25) is 4.79 Å². The number of amides is 1. The van der Waals surface area contributed by atoms with E-state index in [1.807, 2.05) is 0 Å². The Morgan fingerprint density at radius 1 is 1.50 bits per heavy atom. The number of carbonyl (C=O) groups is 1. The summed E-state index contributed by atoms with van der Waals surface area (Å²) in [6, 6.07) is 1.74. The van der Waals surface area contributed by atoms with Crippen molar-refractivity contribution in [2.24, 2.45) is 0 Å². The highest BCUT2D eigenvalue weighted by atomic mass is 79.9. The second-order valence-corrected chi connectivity index (χ2v) is 4.19. The van der Waals surface area contributed by atoms with E-state index in [1.165, 1.54) is 4.90 Å². The predicted octanol–water partition coefficient (Wildman–Crippen LogP) is 2.24. The first-order chi connectivity index (χ1) is 5.52. The number of nitrogens with one attached hydrogen (secondary N) is 1. The van der Waals surface area contributed by atoms with Crippen LogP contribution in [0.5, 0.6) is 0 Å². The molecule has 3 nitrogen and oxygen atoms in total. The van der Waals surface area contributed by atoms with Crippen molar-refractivity contribution in [2.75, 3.05) is 14.1 Å². The van der Waals surface area contributed by atoms with Gasteiger partial charge >= 0.3 is 0 Å². The summed E-state index contributed by atoms with van der Waals surface area (Å²) < 4.78 is 1.64. The number of aromatic nitrogens is 1. The first-order valence-corrected chi connectivity index (χ1v) is 4.86. The second kappa shape index (κ2) is 3.62. The van der Waals surface area contributed by atoms with E-state index in [2.05, 4.69) is 36.8 Å². The van der Waals surface area contributed by atoms with Gasteiger partial charge in [0, 0.05) is 14.1 Å². The lowest BCUT2D eigenvalue weighted by Crippen LogP contribution is -2.21. The van der Waals surface area contributed by atoms with E-state index >= 15 is 0 Å². The molecule has 1 amide bonds. The van der Waals surface area contributed by atoms with E-state index in [-0.39, 0.29) is 5.91 Å². The SMILES string of the molecule is CN(C)C(=O)c1cc(Br)c(Br)[nH]1. The molecule has 5 heteroatoms. The Balaban J connectivity index is 2.97. The monoisotopic (exact) mass is 294 g/mol. The van der Waals surface area contributed by atoms with Crippen molar-refractivity contribution in [3.8, 4) is 0 Å². The standard InChI is InChI=1S/C7H8Br2N2O/c1-11(2)7(12)5-3-4(8)6(9)10-5/h3,10H,1-2H3. The van der Waals surface area contributed by atoms with E-state index in [4.69, 9.17) is 0 Å². The van der Waals surface area contributed by atoms with Gasteiger partial charge in [0.2, 0.25) is 0 Å². The molecule has 0 saturated carbocycles. The summed E-state index contributed by atoms with van der Waals surface area (Å²) in [5.74, 6) is -0.0404. The van der Waals surface area contributed by atoms with E-state index in [1.54, 1.807) is 20.2 Å². The molecule has 0 bridgehead atoms. The van der Waals surface area contributed by atoms with Crippen molar-refractivity contribution in [3.63, 3.8) is 0 Å². The lowest BCUT2D eigenvalue weighted by Gasteiger charge is -2.07. The molecular formula is C7H8Br2N2O.